The van der Waals surface area contributed by atoms with Crippen LogP contribution in [0.25, 0.3) is 11.1 Å². The van der Waals surface area contributed by atoms with Gasteiger partial charge in [0.05, 0.1) is 6.54 Å². The molecule has 1 aliphatic heterocycles. The topological polar surface area (TPSA) is 117 Å². The summed E-state index contributed by atoms with van der Waals surface area (Å²) in [4.78, 5) is 39.9. The van der Waals surface area contributed by atoms with E-state index in [1.165, 1.54) is 12.1 Å². The van der Waals surface area contributed by atoms with E-state index >= 15 is 0 Å². The molecule has 1 atom stereocenters. The van der Waals surface area contributed by atoms with Gasteiger partial charge in [-0.3, -0.25) is 9.59 Å². The summed E-state index contributed by atoms with van der Waals surface area (Å²) in [7, 11) is 0. The van der Waals surface area contributed by atoms with Gasteiger partial charge in [0, 0.05) is 30.7 Å². The van der Waals surface area contributed by atoms with Crippen molar-refractivity contribution in [3.8, 4) is 11.1 Å². The molecule has 0 saturated carbocycles. The van der Waals surface area contributed by atoms with Gasteiger partial charge in [-0.1, -0.05) is 48.5 Å². The minimum absolute atomic E-state index is 0.0834. The standard InChI is InChI=1S/C32H38FN5O3/c1-4-35-31(41)36-19-24-7-5-6-8-26(24)22-11-9-21(10-12-22)20-38-28-16-14-25(33)17-23(28)13-15-27(30(38)40)37-29(39)18-32(2,3)34/h5-12,14,16-17,27H,4,13,15,18-20,34H2,1-3H3,(H,37,39)(H2,35,36,41)/t27-/m1/s1. The van der Waals surface area contributed by atoms with Gasteiger partial charge < -0.3 is 26.6 Å². The zero-order valence-corrected chi connectivity index (χ0v) is 23.8. The molecule has 0 bridgehead atoms. The fraction of sp³-hybridized carbons (Fsp3) is 0.344. The summed E-state index contributed by atoms with van der Waals surface area (Å²) in [5, 5.41) is 8.46. The molecule has 1 heterocycles. The molecule has 0 radical (unpaired) electrons. The molecule has 4 amide bonds. The summed E-state index contributed by atoms with van der Waals surface area (Å²) in [5.74, 6) is -0.907. The lowest BCUT2D eigenvalue weighted by Gasteiger charge is -2.27. The average Bonchev–Trinajstić information content (AvgIpc) is 3.04. The van der Waals surface area contributed by atoms with Crippen LogP contribution in [0.3, 0.4) is 0 Å². The van der Waals surface area contributed by atoms with E-state index in [1.54, 1.807) is 24.8 Å². The number of halogens is 1. The van der Waals surface area contributed by atoms with Crippen molar-refractivity contribution in [2.75, 3.05) is 11.4 Å². The summed E-state index contributed by atoms with van der Waals surface area (Å²) in [6.45, 7) is 6.57. The van der Waals surface area contributed by atoms with Crippen LogP contribution in [0, 0.1) is 5.82 Å². The highest BCUT2D eigenvalue weighted by Crippen LogP contribution is 2.31. The highest BCUT2D eigenvalue weighted by atomic mass is 19.1. The van der Waals surface area contributed by atoms with Crippen molar-refractivity contribution in [2.45, 2.75) is 64.7 Å². The van der Waals surface area contributed by atoms with E-state index in [1.807, 2.05) is 55.5 Å². The first-order valence-corrected chi connectivity index (χ1v) is 13.9. The molecule has 8 nitrogen and oxygen atoms in total. The van der Waals surface area contributed by atoms with Crippen LogP contribution in [0.5, 0.6) is 0 Å². The molecule has 0 unspecified atom stereocenters. The lowest BCUT2D eigenvalue weighted by molar-refractivity contribution is -0.128. The minimum atomic E-state index is -0.746. The highest BCUT2D eigenvalue weighted by molar-refractivity contribution is 6.00. The molecule has 1 aliphatic rings. The maximum Gasteiger partial charge on any atom is 0.315 e. The number of fused-ring (bicyclic) bond motifs is 1. The Balaban J connectivity index is 1.56. The smallest absolute Gasteiger partial charge is 0.315 e. The van der Waals surface area contributed by atoms with Gasteiger partial charge >= 0.3 is 6.03 Å². The lowest BCUT2D eigenvalue weighted by atomic mass is 9.98. The number of anilines is 1. The Bertz CT molecular complexity index is 1400. The molecule has 9 heteroatoms. The molecule has 216 valence electrons. The Labute approximate surface area is 240 Å². The van der Waals surface area contributed by atoms with Crippen molar-refractivity contribution in [3.63, 3.8) is 0 Å². The molecule has 0 fully saturated rings. The molecule has 5 N–H and O–H groups in total. The second-order valence-electron chi connectivity index (χ2n) is 11.1. The zero-order chi connectivity index (χ0) is 29.6. The third-order valence-corrected chi connectivity index (χ3v) is 6.95. The second-order valence-corrected chi connectivity index (χ2v) is 11.1. The van der Waals surface area contributed by atoms with Gasteiger partial charge in [0.2, 0.25) is 11.8 Å². The van der Waals surface area contributed by atoms with E-state index < -0.39 is 11.6 Å². The Morgan fingerprint density at radius 2 is 1.78 bits per heavy atom. The van der Waals surface area contributed by atoms with E-state index in [4.69, 9.17) is 5.73 Å². The number of urea groups is 1. The number of rotatable bonds is 9. The van der Waals surface area contributed by atoms with Gasteiger partial charge in [0.1, 0.15) is 11.9 Å². The van der Waals surface area contributed by atoms with Gasteiger partial charge in [-0.05, 0) is 79.6 Å². The Kier molecular flexibility index (Phi) is 9.39. The van der Waals surface area contributed by atoms with Crippen LogP contribution in [-0.2, 0) is 29.1 Å². The number of amides is 4. The van der Waals surface area contributed by atoms with Crippen molar-refractivity contribution < 1.29 is 18.8 Å². The third-order valence-electron chi connectivity index (χ3n) is 6.95. The maximum absolute atomic E-state index is 14.1. The fourth-order valence-electron chi connectivity index (χ4n) is 5.03. The van der Waals surface area contributed by atoms with Crippen LogP contribution in [0.1, 0.15) is 50.3 Å². The zero-order valence-electron chi connectivity index (χ0n) is 23.8. The van der Waals surface area contributed by atoms with E-state index in [9.17, 15) is 18.8 Å². The second kappa shape index (κ2) is 13.0. The average molecular weight is 560 g/mol. The predicted molar refractivity (Wildman–Crippen MR) is 159 cm³/mol. The van der Waals surface area contributed by atoms with Gasteiger partial charge in [0.25, 0.3) is 0 Å². The first-order chi connectivity index (χ1) is 19.5. The number of nitrogens with two attached hydrogens (primary N) is 1. The van der Waals surface area contributed by atoms with Gasteiger partial charge in [-0.25, -0.2) is 9.18 Å². The summed E-state index contributed by atoms with van der Waals surface area (Å²) >= 11 is 0. The van der Waals surface area contributed by atoms with Crippen LogP contribution in [0.4, 0.5) is 14.9 Å². The number of hydrogen-bond donors (Lipinski definition) is 4. The number of aryl methyl sites for hydroxylation is 1. The van der Waals surface area contributed by atoms with E-state index in [2.05, 4.69) is 16.0 Å². The van der Waals surface area contributed by atoms with Gasteiger partial charge in [-0.2, -0.15) is 0 Å². The maximum atomic E-state index is 14.1. The fourth-order valence-corrected chi connectivity index (χ4v) is 5.03. The van der Waals surface area contributed by atoms with Crippen molar-refractivity contribution in [1.82, 2.24) is 16.0 Å². The molecular formula is C32H38FN5O3. The Morgan fingerprint density at radius 1 is 1.05 bits per heavy atom. The predicted octanol–water partition coefficient (Wildman–Crippen LogP) is 4.40. The van der Waals surface area contributed by atoms with Crippen molar-refractivity contribution >= 4 is 23.5 Å². The number of carbonyl (C=O) groups excluding carboxylic acids is 3. The van der Waals surface area contributed by atoms with Crippen LogP contribution in [0.2, 0.25) is 0 Å². The quantitative estimate of drug-likeness (QED) is 0.311. The molecule has 0 aliphatic carbocycles. The van der Waals surface area contributed by atoms with E-state index in [-0.39, 0.29) is 36.6 Å². The third kappa shape index (κ3) is 7.91. The largest absolute Gasteiger partial charge is 0.344 e. The molecule has 41 heavy (non-hydrogen) atoms. The monoisotopic (exact) mass is 559 g/mol. The first-order valence-electron chi connectivity index (χ1n) is 13.9. The van der Waals surface area contributed by atoms with Crippen molar-refractivity contribution in [1.29, 1.82) is 0 Å². The number of nitrogens with zero attached hydrogens (tertiary/aromatic N) is 1. The molecule has 3 aromatic rings. The number of hydrogen-bond acceptors (Lipinski definition) is 4. The SMILES string of the molecule is CCNC(=O)NCc1ccccc1-c1ccc(CN2C(=O)[C@H](NC(=O)CC(C)(C)N)CCc3cc(F)ccc32)cc1. The van der Waals surface area contributed by atoms with Crippen molar-refractivity contribution in [3.05, 3.63) is 89.2 Å². The Morgan fingerprint density at radius 3 is 2.49 bits per heavy atom. The molecular weight excluding hydrogens is 521 g/mol. The normalized spacial score (nSPS) is 15.1. The minimum Gasteiger partial charge on any atom is -0.344 e. The first kappa shape index (κ1) is 29.7. The molecule has 3 aromatic carbocycles. The van der Waals surface area contributed by atoms with Crippen molar-refractivity contribution in [2.24, 2.45) is 5.73 Å². The molecule has 4 rings (SSSR count). The summed E-state index contributed by atoms with van der Waals surface area (Å²) < 4.78 is 14.1. The van der Waals surface area contributed by atoms with Crippen LogP contribution >= 0.6 is 0 Å². The number of benzene rings is 3. The van der Waals surface area contributed by atoms with Crippen LogP contribution in [-0.4, -0.2) is 36.0 Å². The van der Waals surface area contributed by atoms with Crippen LogP contribution < -0.4 is 26.6 Å². The number of nitrogens with one attached hydrogen (secondary N) is 3. The summed E-state index contributed by atoms with van der Waals surface area (Å²) in [6, 6.07) is 19.2. The Hall–Kier alpha value is -4.24. The van der Waals surface area contributed by atoms with E-state index in [0.29, 0.717) is 31.6 Å². The van der Waals surface area contributed by atoms with E-state index in [0.717, 1.165) is 27.8 Å². The summed E-state index contributed by atoms with van der Waals surface area (Å²) in [5.41, 5.74) is 10.5. The lowest BCUT2D eigenvalue weighted by Crippen LogP contribution is -2.49. The number of carbonyl (C=O) groups is 3. The van der Waals surface area contributed by atoms with Gasteiger partial charge in [0.15, 0.2) is 0 Å². The summed E-state index contributed by atoms with van der Waals surface area (Å²) in [6.07, 6.45) is 0.898. The van der Waals surface area contributed by atoms with Gasteiger partial charge in [-0.15, -0.1) is 0 Å². The van der Waals surface area contributed by atoms with Crippen LogP contribution in [0.15, 0.2) is 66.7 Å². The molecule has 0 saturated heterocycles. The highest BCUT2D eigenvalue weighted by Gasteiger charge is 2.32. The molecule has 0 aromatic heterocycles. The molecule has 0 spiro atoms.